The minimum Gasteiger partial charge on any atom is -0.353 e. The second kappa shape index (κ2) is 7.12. The number of amides is 2. The van der Waals surface area contributed by atoms with Gasteiger partial charge < -0.3 is 10.2 Å². The van der Waals surface area contributed by atoms with Gasteiger partial charge in [0.1, 0.15) is 0 Å². The predicted octanol–water partition coefficient (Wildman–Crippen LogP) is 2.76. The van der Waals surface area contributed by atoms with Gasteiger partial charge >= 0.3 is 0 Å². The van der Waals surface area contributed by atoms with Crippen molar-refractivity contribution in [1.82, 2.24) is 10.3 Å². The molecule has 0 bridgehead atoms. The summed E-state index contributed by atoms with van der Waals surface area (Å²) in [7, 11) is 0. The number of nitrogens with zero attached hydrogens (tertiary/aromatic N) is 2. The van der Waals surface area contributed by atoms with Crippen molar-refractivity contribution in [2.24, 2.45) is 17.8 Å². The van der Waals surface area contributed by atoms with Crippen molar-refractivity contribution in [2.45, 2.75) is 6.42 Å². The van der Waals surface area contributed by atoms with Gasteiger partial charge in [0.25, 0.3) is 0 Å². The molecule has 26 heavy (non-hydrogen) atoms. The van der Waals surface area contributed by atoms with Gasteiger partial charge in [-0.2, -0.15) is 0 Å². The van der Waals surface area contributed by atoms with Crippen LogP contribution in [0.4, 0.5) is 5.69 Å². The monoisotopic (exact) mass is 349 g/mol. The number of pyridine rings is 1. The lowest BCUT2D eigenvalue weighted by Crippen LogP contribution is -2.30. The molecule has 1 aromatic carbocycles. The molecule has 2 aliphatic rings. The number of carbonyl (C=O) groups is 2. The van der Waals surface area contributed by atoms with E-state index in [4.69, 9.17) is 0 Å². The number of benzene rings is 1. The molecule has 1 aliphatic heterocycles. The molecule has 2 heterocycles. The molecule has 0 spiro atoms. The number of hydrogen-bond acceptors (Lipinski definition) is 3. The quantitative estimate of drug-likeness (QED) is 0.816. The minimum atomic E-state index is -0.114. The highest BCUT2D eigenvalue weighted by molar-refractivity contribution is 6.00. The van der Waals surface area contributed by atoms with Crippen molar-refractivity contribution in [3.8, 4) is 0 Å². The summed E-state index contributed by atoms with van der Waals surface area (Å²) in [4.78, 5) is 30.3. The Morgan fingerprint density at radius 1 is 1.27 bits per heavy atom. The highest BCUT2D eigenvalue weighted by Gasteiger charge is 2.60. The standard InChI is InChI=1S/C21H21N3O2.H2/c25-19(9-8-15-5-4-11-22-13-15)23-12-10-17-18-14-24(21(26)20(17)18)16-6-2-1-3-7-16;/h1-9,11,13,17-18,20H,10,12,14H2,(H,23,25);1H/b9-8+;/t17-,18-,20+;/m0./s1. The lowest BCUT2D eigenvalue weighted by atomic mass is 10.1. The minimum absolute atomic E-state index is 0. The average Bonchev–Trinajstić information content (AvgIpc) is 3.26. The highest BCUT2D eigenvalue weighted by Crippen LogP contribution is 2.54. The molecule has 3 atom stereocenters. The van der Waals surface area contributed by atoms with Gasteiger partial charge in [0.2, 0.25) is 11.8 Å². The Bertz CT molecular complexity index is 826. The van der Waals surface area contributed by atoms with E-state index in [1.807, 2.05) is 47.4 Å². The zero-order valence-electron chi connectivity index (χ0n) is 14.4. The molecule has 2 fully saturated rings. The fourth-order valence-corrected chi connectivity index (χ4v) is 3.84. The third-order valence-electron chi connectivity index (χ3n) is 5.23. The van der Waals surface area contributed by atoms with Crippen LogP contribution < -0.4 is 10.2 Å². The first-order valence-corrected chi connectivity index (χ1v) is 8.96. The summed E-state index contributed by atoms with van der Waals surface area (Å²) in [5.41, 5.74) is 1.88. The maximum absolute atomic E-state index is 12.5. The summed E-state index contributed by atoms with van der Waals surface area (Å²) < 4.78 is 0. The van der Waals surface area contributed by atoms with Crippen LogP contribution in [-0.4, -0.2) is 29.9 Å². The number of nitrogens with one attached hydrogen (secondary N) is 1. The first kappa shape index (κ1) is 16.5. The number of carbonyl (C=O) groups excluding carboxylic acids is 2. The van der Waals surface area contributed by atoms with Gasteiger partial charge in [-0.3, -0.25) is 14.6 Å². The average molecular weight is 349 g/mol. The largest absolute Gasteiger partial charge is 0.353 e. The van der Waals surface area contributed by atoms with Crippen LogP contribution in [-0.2, 0) is 9.59 Å². The van der Waals surface area contributed by atoms with Crippen LogP contribution in [0.15, 0.2) is 60.9 Å². The van der Waals surface area contributed by atoms with Crippen molar-refractivity contribution in [3.63, 3.8) is 0 Å². The molecule has 134 valence electrons. The highest BCUT2D eigenvalue weighted by atomic mass is 16.2. The maximum Gasteiger partial charge on any atom is 0.244 e. The number of piperidine rings is 1. The Kier molecular flexibility index (Phi) is 4.52. The smallest absolute Gasteiger partial charge is 0.244 e. The van der Waals surface area contributed by atoms with Crippen molar-refractivity contribution < 1.29 is 11.0 Å². The molecule has 2 amide bonds. The fraction of sp³-hybridized carbons (Fsp3) is 0.286. The first-order chi connectivity index (χ1) is 12.7. The van der Waals surface area contributed by atoms with Gasteiger partial charge in [0.05, 0.1) is 0 Å². The Morgan fingerprint density at radius 2 is 2.12 bits per heavy atom. The van der Waals surface area contributed by atoms with Crippen LogP contribution in [0, 0.1) is 17.8 Å². The van der Waals surface area contributed by atoms with Crippen molar-refractivity contribution in [3.05, 3.63) is 66.5 Å². The summed E-state index contributed by atoms with van der Waals surface area (Å²) in [6.45, 7) is 1.40. The van der Waals surface area contributed by atoms with Gasteiger partial charge in [-0.1, -0.05) is 24.3 Å². The number of para-hydroxylation sites is 1. The van der Waals surface area contributed by atoms with E-state index in [0.717, 1.165) is 24.2 Å². The van der Waals surface area contributed by atoms with Crippen molar-refractivity contribution >= 4 is 23.6 Å². The van der Waals surface area contributed by atoms with E-state index in [2.05, 4.69) is 10.3 Å². The van der Waals surface area contributed by atoms with Crippen LogP contribution in [0.3, 0.4) is 0 Å². The predicted molar refractivity (Wildman–Crippen MR) is 102 cm³/mol. The second-order valence-electron chi connectivity index (χ2n) is 6.84. The zero-order chi connectivity index (χ0) is 17.9. The van der Waals surface area contributed by atoms with E-state index < -0.39 is 0 Å². The van der Waals surface area contributed by atoms with Crippen LogP contribution in [0.1, 0.15) is 13.4 Å². The molecule has 0 unspecified atom stereocenters. The summed E-state index contributed by atoms with van der Waals surface area (Å²) in [6, 6.07) is 13.6. The van der Waals surface area contributed by atoms with Crippen LogP contribution in [0.5, 0.6) is 0 Å². The fourth-order valence-electron chi connectivity index (χ4n) is 3.84. The van der Waals surface area contributed by atoms with Gasteiger partial charge in [-0.15, -0.1) is 0 Å². The number of hydrogen-bond donors (Lipinski definition) is 1. The van der Waals surface area contributed by atoms with E-state index in [0.29, 0.717) is 18.4 Å². The molecule has 1 saturated carbocycles. The number of aromatic nitrogens is 1. The van der Waals surface area contributed by atoms with Crippen molar-refractivity contribution in [1.29, 1.82) is 0 Å². The summed E-state index contributed by atoms with van der Waals surface area (Å²) in [6.07, 6.45) is 7.53. The van der Waals surface area contributed by atoms with E-state index >= 15 is 0 Å². The lowest BCUT2D eigenvalue weighted by Gasteiger charge is -2.20. The number of rotatable bonds is 6. The molecule has 1 aromatic heterocycles. The molecule has 4 rings (SSSR count). The molecular formula is C21H23N3O2. The van der Waals surface area contributed by atoms with Gasteiger partial charge in [0.15, 0.2) is 0 Å². The first-order valence-electron chi connectivity index (χ1n) is 8.96. The Morgan fingerprint density at radius 3 is 2.81 bits per heavy atom. The van der Waals surface area contributed by atoms with E-state index in [9.17, 15) is 9.59 Å². The normalized spacial score (nSPS) is 23.9. The summed E-state index contributed by atoms with van der Waals surface area (Å²) >= 11 is 0. The molecule has 2 aromatic rings. The molecule has 1 saturated heterocycles. The number of fused-ring (bicyclic) bond motifs is 1. The van der Waals surface area contributed by atoms with Gasteiger partial charge in [0, 0.05) is 44.6 Å². The van der Waals surface area contributed by atoms with Crippen LogP contribution >= 0.6 is 0 Å². The summed E-state index contributed by atoms with van der Waals surface area (Å²) in [5.74, 6) is 1.10. The second-order valence-corrected chi connectivity index (χ2v) is 6.84. The molecule has 0 radical (unpaired) electrons. The van der Waals surface area contributed by atoms with E-state index in [-0.39, 0.29) is 19.2 Å². The molecule has 1 N–H and O–H groups in total. The lowest BCUT2D eigenvalue weighted by molar-refractivity contribution is -0.119. The van der Waals surface area contributed by atoms with Crippen molar-refractivity contribution in [2.75, 3.05) is 18.0 Å². The van der Waals surface area contributed by atoms with E-state index in [1.165, 1.54) is 6.08 Å². The Labute approximate surface area is 154 Å². The van der Waals surface area contributed by atoms with Gasteiger partial charge in [-0.25, -0.2) is 0 Å². The van der Waals surface area contributed by atoms with Crippen LogP contribution in [0.25, 0.3) is 6.08 Å². The molecular weight excluding hydrogens is 326 g/mol. The Hall–Kier alpha value is -2.95. The third kappa shape index (κ3) is 3.38. The molecule has 1 aliphatic carbocycles. The topological polar surface area (TPSA) is 62.3 Å². The number of anilines is 1. The zero-order valence-corrected chi connectivity index (χ0v) is 14.4. The summed E-state index contributed by atoms with van der Waals surface area (Å²) in [5, 5.41) is 2.90. The van der Waals surface area contributed by atoms with Gasteiger partial charge in [-0.05, 0) is 48.1 Å². The Balaban J connectivity index is 0.00000210. The SMILES string of the molecule is O=C(/C=C/c1cccnc1)NCC[C@H]1[C@@H]2CN(c3ccccc3)C(=O)[C@H]12.[HH]. The maximum atomic E-state index is 12.5. The van der Waals surface area contributed by atoms with Crippen LogP contribution in [0.2, 0.25) is 0 Å². The molecule has 5 nitrogen and oxygen atoms in total. The third-order valence-corrected chi connectivity index (χ3v) is 5.23. The van der Waals surface area contributed by atoms with E-state index in [1.54, 1.807) is 18.5 Å². The molecule has 5 heteroatoms.